The first-order valence-electron chi connectivity index (χ1n) is 24.3. The second kappa shape index (κ2) is 24.7. The van der Waals surface area contributed by atoms with E-state index in [1.807, 2.05) is 24.3 Å². The van der Waals surface area contributed by atoms with Crippen molar-refractivity contribution in [1.29, 1.82) is 21.0 Å². The summed E-state index contributed by atoms with van der Waals surface area (Å²) in [5.41, 5.74) is 4.60. The Labute approximate surface area is 396 Å². The van der Waals surface area contributed by atoms with Gasteiger partial charge in [0.2, 0.25) is 0 Å². The Morgan fingerprint density at radius 1 is 0.500 bits per heavy atom. The maximum absolute atomic E-state index is 10.5. The van der Waals surface area contributed by atoms with E-state index < -0.39 is 13.3 Å². The van der Waals surface area contributed by atoms with Gasteiger partial charge >= 0.3 is 0 Å². The van der Waals surface area contributed by atoms with E-state index in [0.717, 1.165) is 50.6 Å². The number of benzene rings is 5. The first-order valence-corrected chi connectivity index (χ1v) is 26.2. The number of rotatable bonds is 23. The van der Waals surface area contributed by atoms with Gasteiger partial charge in [-0.1, -0.05) is 145 Å². The minimum atomic E-state index is -2.11. The van der Waals surface area contributed by atoms with Gasteiger partial charge in [0.05, 0.1) is 12.2 Å². The van der Waals surface area contributed by atoms with Gasteiger partial charge in [0.15, 0.2) is 0 Å². The van der Waals surface area contributed by atoms with Crippen LogP contribution in [0.4, 0.5) is 11.4 Å². The fourth-order valence-electron chi connectivity index (χ4n) is 10.1. The van der Waals surface area contributed by atoms with Gasteiger partial charge in [-0.05, 0) is 109 Å². The Kier molecular flexibility index (Phi) is 18.4. The van der Waals surface area contributed by atoms with E-state index in [4.69, 9.17) is 0 Å². The molecule has 6 nitrogen and oxygen atoms in total. The summed E-state index contributed by atoms with van der Waals surface area (Å²) in [6.45, 7) is 11.8. The van der Waals surface area contributed by atoms with Crippen LogP contribution in [0.2, 0.25) is 0 Å². The molecule has 5 aromatic carbocycles. The van der Waals surface area contributed by atoms with Crippen molar-refractivity contribution in [1.82, 2.24) is 0 Å². The topological polar surface area (TPSA) is 102 Å². The molecule has 0 radical (unpaired) electrons. The molecule has 0 heterocycles. The standard InChI is InChI=1S/C59H66N6P/c1-5-9-24-46(7-3)44-64(45-47(8-4)25-10-6-2)50-34-36-51(37-35-50)65(59-57(48(40-60)41-61)55-32-20-21-33-56(55)58(59)49(42-62)43-63)38-22-23-39-66(52-26-14-11-15-27-52,53-28-16-12-17-29-53)54-30-18-13-19-31-54/h11-21,26-37,46-47,59H,5-10,22-25,38-39,44-45H2,1-4H3/q+1. The third-order valence-electron chi connectivity index (χ3n) is 13.7. The normalized spacial score (nSPS) is 13.1. The predicted molar refractivity (Wildman–Crippen MR) is 278 cm³/mol. The SMILES string of the molecule is CCCCC(CC)CN(CC(CC)CCCC)c1ccc(N(CCCC[P+](c2ccccc2)(c2ccccc2)c2ccccc2)C2C(=C(C#N)C#N)c3ccccc3C2=C(C#N)C#N)cc1. The van der Waals surface area contributed by atoms with Crippen LogP contribution in [0.3, 0.4) is 0 Å². The first-order chi connectivity index (χ1) is 32.4. The molecule has 66 heavy (non-hydrogen) atoms. The Hall–Kier alpha value is -6.43. The maximum Gasteiger partial charge on any atom is 0.135 e. The number of nitrogens with zero attached hydrogens (tertiary/aromatic N) is 6. The van der Waals surface area contributed by atoms with Crippen molar-refractivity contribution >= 4 is 45.7 Å². The largest absolute Gasteiger partial charge is 0.371 e. The molecule has 0 saturated heterocycles. The van der Waals surface area contributed by atoms with Crippen LogP contribution in [0.5, 0.6) is 0 Å². The van der Waals surface area contributed by atoms with E-state index in [0.29, 0.717) is 40.7 Å². The fraction of sp³-hybridized carbons (Fsp3) is 0.356. The molecular formula is C59H66N6P+. The van der Waals surface area contributed by atoms with Gasteiger partial charge in [-0.15, -0.1) is 0 Å². The van der Waals surface area contributed by atoms with E-state index in [1.54, 1.807) is 0 Å². The van der Waals surface area contributed by atoms with Crippen LogP contribution in [-0.4, -0.2) is 31.8 Å². The molecule has 2 unspecified atom stereocenters. The molecule has 1 aliphatic carbocycles. The molecule has 336 valence electrons. The molecule has 0 bridgehead atoms. The molecular weight excluding hydrogens is 824 g/mol. The minimum absolute atomic E-state index is 0.0111. The van der Waals surface area contributed by atoms with Gasteiger partial charge in [0.25, 0.3) is 0 Å². The lowest BCUT2D eigenvalue weighted by atomic mass is 9.94. The van der Waals surface area contributed by atoms with Gasteiger partial charge in [0, 0.05) is 42.2 Å². The monoisotopic (exact) mass is 890 g/mol. The van der Waals surface area contributed by atoms with Gasteiger partial charge < -0.3 is 9.80 Å². The zero-order chi connectivity index (χ0) is 46.7. The molecule has 0 amide bonds. The third kappa shape index (κ3) is 11.1. The van der Waals surface area contributed by atoms with Crippen LogP contribution in [0.15, 0.2) is 151 Å². The molecule has 5 aromatic rings. The molecule has 7 heteroatoms. The van der Waals surface area contributed by atoms with Gasteiger partial charge in [-0.25, -0.2) is 0 Å². The molecule has 0 spiro atoms. The Morgan fingerprint density at radius 2 is 0.894 bits per heavy atom. The van der Waals surface area contributed by atoms with Crippen molar-refractivity contribution in [3.8, 4) is 24.3 Å². The van der Waals surface area contributed by atoms with Crippen LogP contribution in [0.1, 0.15) is 103 Å². The summed E-state index contributed by atoms with van der Waals surface area (Å²) < 4.78 is 0. The van der Waals surface area contributed by atoms with E-state index in [9.17, 15) is 21.0 Å². The zero-order valence-corrected chi connectivity index (χ0v) is 40.4. The smallest absolute Gasteiger partial charge is 0.135 e. The van der Waals surface area contributed by atoms with Crippen molar-refractivity contribution in [3.63, 3.8) is 0 Å². The lowest BCUT2D eigenvalue weighted by molar-refractivity contribution is 0.403. The van der Waals surface area contributed by atoms with Crippen molar-refractivity contribution in [3.05, 3.63) is 162 Å². The highest BCUT2D eigenvalue weighted by Gasteiger charge is 2.45. The minimum Gasteiger partial charge on any atom is -0.371 e. The molecule has 2 atom stereocenters. The van der Waals surface area contributed by atoms with Crippen LogP contribution >= 0.6 is 7.26 Å². The number of hydrogen-bond donors (Lipinski definition) is 0. The lowest BCUT2D eigenvalue weighted by Crippen LogP contribution is -2.37. The van der Waals surface area contributed by atoms with Gasteiger partial charge in [-0.2, -0.15) is 21.0 Å². The number of hydrogen-bond acceptors (Lipinski definition) is 6. The summed E-state index contributed by atoms with van der Waals surface area (Å²) in [4.78, 5) is 4.89. The molecule has 0 fully saturated rings. The Bertz CT molecular complexity index is 2340. The lowest BCUT2D eigenvalue weighted by Gasteiger charge is -2.35. The molecule has 1 aliphatic rings. The Balaban J connectivity index is 1.46. The summed E-state index contributed by atoms with van der Waals surface area (Å²) >= 11 is 0. The number of nitriles is 4. The predicted octanol–water partition coefficient (Wildman–Crippen LogP) is 13.2. The van der Waals surface area contributed by atoms with Crippen molar-refractivity contribution in [2.45, 2.75) is 97.9 Å². The van der Waals surface area contributed by atoms with Crippen LogP contribution < -0.4 is 25.7 Å². The van der Waals surface area contributed by atoms with E-state index >= 15 is 0 Å². The molecule has 0 aliphatic heterocycles. The molecule has 6 rings (SSSR count). The second-order valence-electron chi connectivity index (χ2n) is 17.7. The zero-order valence-electron chi connectivity index (χ0n) is 39.5. The van der Waals surface area contributed by atoms with Gasteiger partial charge in [0.1, 0.15) is 58.6 Å². The summed E-state index contributed by atoms with van der Waals surface area (Å²) in [6.07, 6.45) is 12.2. The summed E-state index contributed by atoms with van der Waals surface area (Å²) in [5, 5.41) is 46.2. The quantitative estimate of drug-likeness (QED) is 0.0368. The van der Waals surface area contributed by atoms with Crippen LogP contribution in [-0.2, 0) is 0 Å². The second-order valence-corrected chi connectivity index (χ2v) is 21.3. The van der Waals surface area contributed by atoms with Crippen molar-refractivity contribution in [2.24, 2.45) is 11.8 Å². The molecule has 0 aromatic heterocycles. The summed E-state index contributed by atoms with van der Waals surface area (Å²) in [7, 11) is -2.11. The average Bonchev–Trinajstić information content (AvgIpc) is 3.70. The number of allylic oxidation sites excluding steroid dienone is 2. The van der Waals surface area contributed by atoms with Crippen molar-refractivity contribution < 1.29 is 0 Å². The average molecular weight is 890 g/mol. The summed E-state index contributed by atoms with van der Waals surface area (Å²) in [6, 6.07) is 57.4. The number of fused-ring (bicyclic) bond motifs is 1. The highest BCUT2D eigenvalue weighted by atomic mass is 31.2. The molecule has 0 N–H and O–H groups in total. The first kappa shape index (κ1) is 49.0. The molecule has 0 saturated carbocycles. The fourth-order valence-corrected chi connectivity index (χ4v) is 14.5. The highest BCUT2D eigenvalue weighted by Crippen LogP contribution is 2.56. The van der Waals surface area contributed by atoms with Crippen LogP contribution in [0.25, 0.3) is 11.1 Å². The van der Waals surface area contributed by atoms with E-state index in [-0.39, 0.29) is 11.1 Å². The van der Waals surface area contributed by atoms with Gasteiger partial charge in [-0.3, -0.25) is 0 Å². The van der Waals surface area contributed by atoms with E-state index in [1.165, 1.54) is 60.1 Å². The maximum atomic E-state index is 10.5. The number of anilines is 2. The summed E-state index contributed by atoms with van der Waals surface area (Å²) in [5.74, 6) is 1.20. The third-order valence-corrected chi connectivity index (χ3v) is 18.2. The Morgan fingerprint density at radius 3 is 1.27 bits per heavy atom. The van der Waals surface area contributed by atoms with Crippen LogP contribution in [0, 0.1) is 57.2 Å². The van der Waals surface area contributed by atoms with Crippen molar-refractivity contribution in [2.75, 3.05) is 35.6 Å². The van der Waals surface area contributed by atoms with E-state index in [2.05, 4.69) is 177 Å². The number of unbranched alkanes of at least 4 members (excludes halogenated alkanes) is 3. The highest BCUT2D eigenvalue weighted by molar-refractivity contribution is 7.95.